The molecule has 6 heteroatoms. The third-order valence-electron chi connectivity index (χ3n) is 6.62. The van der Waals surface area contributed by atoms with E-state index in [1.807, 2.05) is 66.9 Å². The Bertz CT molecular complexity index is 1500. The number of nitrogens with one attached hydrogen (secondary N) is 1. The van der Waals surface area contributed by atoms with Gasteiger partial charge < -0.3 is 19.5 Å². The van der Waals surface area contributed by atoms with Gasteiger partial charge in [0, 0.05) is 29.0 Å². The lowest BCUT2D eigenvalue weighted by molar-refractivity contribution is 0.482. The second kappa shape index (κ2) is 9.91. The first kappa shape index (κ1) is 23.0. The fraction of sp³-hybridized carbons (Fsp3) is 0.0968. The highest BCUT2D eigenvalue weighted by Gasteiger charge is 2.42. The quantitative estimate of drug-likeness (QED) is 0.250. The van der Waals surface area contributed by atoms with Crippen LogP contribution in [-0.4, -0.2) is 14.7 Å². The maximum absolute atomic E-state index is 6.02. The summed E-state index contributed by atoms with van der Waals surface area (Å²) in [6, 6.07) is 38.4. The molecular formula is C31H26N4OS. The number of anilines is 1. The van der Waals surface area contributed by atoms with Gasteiger partial charge in [-0.25, -0.2) is 0 Å². The van der Waals surface area contributed by atoms with E-state index in [4.69, 9.17) is 21.9 Å². The Morgan fingerprint density at radius 2 is 1.41 bits per heavy atom. The maximum Gasteiger partial charge on any atom is 0.174 e. The van der Waals surface area contributed by atoms with Crippen LogP contribution >= 0.6 is 12.2 Å². The van der Waals surface area contributed by atoms with Crippen molar-refractivity contribution in [1.29, 1.82) is 0 Å². The number of hydrogen-bond acceptors (Lipinski definition) is 3. The van der Waals surface area contributed by atoms with Crippen LogP contribution in [0.4, 0.5) is 5.69 Å². The SMILES string of the molecule is Cc1ccc(C2C(c3ccccn3)NC(=S)N2c2ccc(Oc3ccccc3)cc2)n1-c1ccccc1. The van der Waals surface area contributed by atoms with Crippen molar-refractivity contribution in [2.75, 3.05) is 4.90 Å². The Balaban J connectivity index is 1.42. The summed E-state index contributed by atoms with van der Waals surface area (Å²) in [4.78, 5) is 6.88. The molecule has 5 nitrogen and oxygen atoms in total. The van der Waals surface area contributed by atoms with Gasteiger partial charge in [-0.15, -0.1) is 0 Å². The number of rotatable bonds is 6. The lowest BCUT2D eigenvalue weighted by Crippen LogP contribution is -2.30. The predicted octanol–water partition coefficient (Wildman–Crippen LogP) is 7.15. The minimum Gasteiger partial charge on any atom is -0.457 e. The van der Waals surface area contributed by atoms with E-state index < -0.39 is 0 Å². The van der Waals surface area contributed by atoms with Crippen LogP contribution in [0.15, 0.2) is 121 Å². The van der Waals surface area contributed by atoms with Crippen LogP contribution in [0.1, 0.15) is 29.2 Å². The average molecular weight is 503 g/mol. The van der Waals surface area contributed by atoms with Gasteiger partial charge in [0.05, 0.1) is 11.7 Å². The van der Waals surface area contributed by atoms with Crippen LogP contribution in [0, 0.1) is 6.92 Å². The van der Waals surface area contributed by atoms with Crippen molar-refractivity contribution in [1.82, 2.24) is 14.9 Å². The van der Waals surface area contributed by atoms with Gasteiger partial charge >= 0.3 is 0 Å². The zero-order valence-corrected chi connectivity index (χ0v) is 21.2. The van der Waals surface area contributed by atoms with Crippen molar-refractivity contribution < 1.29 is 4.74 Å². The number of benzene rings is 3. The molecule has 182 valence electrons. The highest BCUT2D eigenvalue weighted by molar-refractivity contribution is 7.80. The van der Waals surface area contributed by atoms with Crippen molar-refractivity contribution in [3.8, 4) is 17.2 Å². The van der Waals surface area contributed by atoms with E-state index in [1.165, 1.54) is 0 Å². The Morgan fingerprint density at radius 1 is 0.730 bits per heavy atom. The van der Waals surface area contributed by atoms with Gasteiger partial charge in [-0.3, -0.25) is 4.98 Å². The molecular weight excluding hydrogens is 476 g/mol. The number of pyridine rings is 1. The van der Waals surface area contributed by atoms with Crippen molar-refractivity contribution in [3.05, 3.63) is 139 Å². The van der Waals surface area contributed by atoms with Crippen molar-refractivity contribution in [3.63, 3.8) is 0 Å². The second-order valence-corrected chi connectivity index (χ2v) is 9.36. The van der Waals surface area contributed by atoms with Crippen LogP contribution in [0.3, 0.4) is 0 Å². The Hall–Kier alpha value is -4.42. The molecule has 1 saturated heterocycles. The zero-order valence-electron chi connectivity index (χ0n) is 20.4. The Morgan fingerprint density at radius 3 is 2.11 bits per heavy atom. The summed E-state index contributed by atoms with van der Waals surface area (Å²) >= 11 is 5.93. The van der Waals surface area contributed by atoms with Gasteiger partial charge in [-0.2, -0.15) is 0 Å². The van der Waals surface area contributed by atoms with E-state index in [1.54, 1.807) is 0 Å². The molecule has 1 aliphatic heterocycles. The molecule has 3 aromatic carbocycles. The number of aromatic nitrogens is 2. The van der Waals surface area contributed by atoms with Gasteiger partial charge in [0.1, 0.15) is 17.5 Å². The first-order valence-corrected chi connectivity index (χ1v) is 12.7. The van der Waals surface area contributed by atoms with Gasteiger partial charge in [0.25, 0.3) is 0 Å². The Labute approximate surface area is 222 Å². The number of aryl methyl sites for hydroxylation is 1. The lowest BCUT2D eigenvalue weighted by Gasteiger charge is -2.29. The van der Waals surface area contributed by atoms with Crippen LogP contribution in [0.2, 0.25) is 0 Å². The van der Waals surface area contributed by atoms with Gasteiger partial charge in [-0.05, 0) is 91.9 Å². The minimum absolute atomic E-state index is 0.114. The molecule has 0 aliphatic carbocycles. The fourth-order valence-electron chi connectivity index (χ4n) is 4.95. The van der Waals surface area contributed by atoms with Crippen molar-refractivity contribution in [2.45, 2.75) is 19.0 Å². The monoisotopic (exact) mass is 502 g/mol. The molecule has 0 bridgehead atoms. The molecule has 0 saturated carbocycles. The first-order valence-electron chi connectivity index (χ1n) is 12.3. The molecule has 1 N–H and O–H groups in total. The molecule has 3 heterocycles. The van der Waals surface area contributed by atoms with Crippen LogP contribution in [0.25, 0.3) is 5.69 Å². The summed E-state index contributed by atoms with van der Waals surface area (Å²) in [6.45, 7) is 2.13. The van der Waals surface area contributed by atoms with E-state index in [9.17, 15) is 0 Å². The third kappa shape index (κ3) is 4.47. The summed E-state index contributed by atoms with van der Waals surface area (Å²) in [5.41, 5.74) is 5.34. The normalized spacial score (nSPS) is 17.0. The first-order chi connectivity index (χ1) is 18.2. The average Bonchev–Trinajstić information content (AvgIpc) is 3.50. The topological polar surface area (TPSA) is 42.3 Å². The molecule has 1 aliphatic rings. The summed E-state index contributed by atoms with van der Waals surface area (Å²) < 4.78 is 8.33. The summed E-state index contributed by atoms with van der Waals surface area (Å²) in [7, 11) is 0. The standard InChI is InChI=1S/C31H26N4OS/c1-22-15-20-28(34(22)23-10-4-2-5-11-23)30-29(27-14-8-9-21-32-27)33-31(37)35(30)24-16-18-26(19-17-24)36-25-12-6-3-7-13-25/h2-21,29-30H,1H3,(H,33,37). The largest absolute Gasteiger partial charge is 0.457 e. The van der Waals surface area contributed by atoms with Gasteiger partial charge in [-0.1, -0.05) is 42.5 Å². The van der Waals surface area contributed by atoms with E-state index in [2.05, 4.69) is 76.3 Å². The summed E-state index contributed by atoms with van der Waals surface area (Å²) in [6.07, 6.45) is 1.83. The van der Waals surface area contributed by atoms with E-state index in [0.29, 0.717) is 5.11 Å². The molecule has 2 atom stereocenters. The number of ether oxygens (including phenoxy) is 1. The fourth-order valence-corrected chi connectivity index (χ4v) is 5.30. The molecule has 5 aromatic rings. The highest BCUT2D eigenvalue weighted by Crippen LogP contribution is 2.43. The van der Waals surface area contributed by atoms with Crippen LogP contribution in [-0.2, 0) is 0 Å². The molecule has 0 radical (unpaired) electrons. The number of nitrogens with zero attached hydrogens (tertiary/aromatic N) is 3. The van der Waals surface area contributed by atoms with Crippen molar-refractivity contribution in [2.24, 2.45) is 0 Å². The summed E-state index contributed by atoms with van der Waals surface area (Å²) in [5.74, 6) is 1.58. The van der Waals surface area contributed by atoms with Crippen molar-refractivity contribution >= 4 is 23.0 Å². The Kier molecular flexibility index (Phi) is 6.16. The second-order valence-electron chi connectivity index (χ2n) is 8.98. The van der Waals surface area contributed by atoms with Crippen LogP contribution in [0.5, 0.6) is 11.5 Å². The molecule has 1 fully saturated rings. The highest BCUT2D eigenvalue weighted by atomic mass is 32.1. The molecule has 2 unspecified atom stereocenters. The lowest BCUT2D eigenvalue weighted by atomic mass is 10.0. The smallest absolute Gasteiger partial charge is 0.174 e. The number of para-hydroxylation sites is 2. The molecule has 0 spiro atoms. The molecule has 2 aromatic heterocycles. The zero-order chi connectivity index (χ0) is 25.2. The maximum atomic E-state index is 6.02. The van der Waals surface area contributed by atoms with E-state index in [0.717, 1.165) is 40.0 Å². The van der Waals surface area contributed by atoms with E-state index in [-0.39, 0.29) is 12.1 Å². The number of thiocarbonyl (C=S) groups is 1. The predicted molar refractivity (Wildman–Crippen MR) is 151 cm³/mol. The summed E-state index contributed by atoms with van der Waals surface area (Å²) in [5, 5.41) is 4.22. The van der Waals surface area contributed by atoms with Gasteiger partial charge in [0.2, 0.25) is 0 Å². The van der Waals surface area contributed by atoms with Gasteiger partial charge in [0.15, 0.2) is 5.11 Å². The molecule has 0 amide bonds. The van der Waals surface area contributed by atoms with E-state index >= 15 is 0 Å². The third-order valence-corrected chi connectivity index (χ3v) is 6.93. The minimum atomic E-state index is -0.120. The van der Waals surface area contributed by atoms with Crippen LogP contribution < -0.4 is 15.0 Å². The number of hydrogen-bond donors (Lipinski definition) is 1. The molecule has 6 rings (SSSR count). The molecule has 37 heavy (non-hydrogen) atoms.